The van der Waals surface area contributed by atoms with E-state index in [0.717, 1.165) is 0 Å². The number of hydrogen-bond donors (Lipinski definition) is 0. The largest absolute Gasteiger partial charge is 1.00 e. The maximum absolute atomic E-state index is 12.2. The van der Waals surface area contributed by atoms with E-state index in [9.17, 15) is 36.5 Å². The van der Waals surface area contributed by atoms with Crippen LogP contribution in [0.25, 0.3) is 32.7 Å². The van der Waals surface area contributed by atoms with Gasteiger partial charge in [0.2, 0.25) is 0 Å². The van der Waals surface area contributed by atoms with Gasteiger partial charge in [-0.05, 0) is 92.5 Å². The third-order valence-electron chi connectivity index (χ3n) is 5.85. The Bertz CT molecular complexity index is 1700. The summed E-state index contributed by atoms with van der Waals surface area (Å²) in [6.07, 6.45) is 0.318. The van der Waals surface area contributed by atoms with Crippen molar-refractivity contribution in [1.82, 2.24) is 0 Å². The van der Waals surface area contributed by atoms with Crippen molar-refractivity contribution in [3.8, 4) is 11.1 Å². The van der Waals surface area contributed by atoms with Crippen LogP contribution in [0.15, 0.2) is 68.1 Å². The van der Waals surface area contributed by atoms with E-state index in [1.807, 2.05) is 0 Å². The maximum Gasteiger partial charge on any atom is 1.00 e. The Kier molecular flexibility index (Phi) is 21.6. The van der Waals surface area contributed by atoms with Gasteiger partial charge in [0.05, 0.1) is 33.9 Å². The Labute approximate surface area is 355 Å². The first-order chi connectivity index (χ1) is 18.9. The monoisotopic (exact) mass is 754 g/mol. The average Bonchev–Trinajstić information content (AvgIpc) is 2.91. The Hall–Kier alpha value is 2.54. The van der Waals surface area contributed by atoms with E-state index in [1.54, 1.807) is 0 Å². The van der Waals surface area contributed by atoms with Gasteiger partial charge in [-0.15, -0.1) is 18.5 Å². The van der Waals surface area contributed by atoms with E-state index < -0.39 is 30.0 Å². The molecule has 0 saturated carbocycles. The molecule has 0 amide bonds. The summed E-state index contributed by atoms with van der Waals surface area (Å²) in [5.74, 6) is 0. The van der Waals surface area contributed by atoms with Crippen molar-refractivity contribution in [3.63, 3.8) is 0 Å². The molecule has 22 heteroatoms. The minimum absolute atomic E-state index is 0. The second-order valence-electron chi connectivity index (χ2n) is 7.99. The molecule has 4 aromatic carbocycles. The third-order valence-corrected chi connectivity index (χ3v) is 9.62. The fourth-order valence-corrected chi connectivity index (χ4v) is 7.29. The molecule has 0 fully saturated rings. The predicted molar refractivity (Wildman–Crippen MR) is 146 cm³/mol. The number of fused-ring (bicyclic) bond motifs is 2. The van der Waals surface area contributed by atoms with Gasteiger partial charge in [0.25, 0.3) is 0 Å². The molecule has 0 aliphatic heterocycles. The van der Waals surface area contributed by atoms with Gasteiger partial charge < -0.3 is 19.6 Å². The van der Waals surface area contributed by atoms with E-state index in [-0.39, 0.29) is 152 Å². The quantitative estimate of drug-likeness (QED) is 0.0350. The Balaban J connectivity index is 0.00000462. The molecule has 4 rings (SSSR count). The molecule has 0 N–H and O–H groups in total. The summed E-state index contributed by atoms with van der Waals surface area (Å²) in [7, 11) is -5.00. The maximum atomic E-state index is 12.2. The van der Waals surface area contributed by atoms with Gasteiger partial charge in [-0.25, -0.2) is 16.8 Å². The molecule has 44 heavy (non-hydrogen) atoms. The first-order valence-corrected chi connectivity index (χ1v) is 16.7. The van der Waals surface area contributed by atoms with Crippen molar-refractivity contribution in [2.24, 2.45) is 0 Å². The van der Waals surface area contributed by atoms with Gasteiger partial charge in [0.15, 0.2) is 0 Å². The summed E-state index contributed by atoms with van der Waals surface area (Å²) >= 11 is 1.08. The van der Waals surface area contributed by atoms with Crippen LogP contribution in [0.2, 0.25) is 0 Å². The minimum atomic E-state index is -4.95. The number of rotatable bonds is 11. The van der Waals surface area contributed by atoms with Crippen LogP contribution in [0.4, 0.5) is 0 Å². The van der Waals surface area contributed by atoms with E-state index in [2.05, 4.69) is 37.2 Å². The molecule has 2 unspecified atom stereocenters. The van der Waals surface area contributed by atoms with Gasteiger partial charge in [0.1, 0.15) is 20.2 Å². The standard InChI is InChI=1S/C22H20O12P2S4.4Na/c23-31-33-37-13-1-3-15-17(7-13)21(11(9-35)5-19(15)39(25,26)27)22-12(10-36)6-20(40(28,29)30)16-4-2-14(8-18(16)22)38-34-32-24;;;;/h1-8,23-24H,9-10,35-36H2,(H,25,26,27)(H,28,29,30);;;;/q;4*+1/p-4. The fourth-order valence-electron chi connectivity index (χ4n) is 4.39. The fraction of sp³-hybridized carbons (Fsp3) is 0.0909. The molecule has 0 aliphatic carbocycles. The van der Waals surface area contributed by atoms with E-state index >= 15 is 0 Å². The predicted octanol–water partition coefficient (Wildman–Crippen LogP) is -9.30. The van der Waals surface area contributed by atoms with Crippen LogP contribution in [0.5, 0.6) is 0 Å². The van der Waals surface area contributed by atoms with Crippen LogP contribution in [-0.4, -0.2) is 25.9 Å². The van der Waals surface area contributed by atoms with Crippen molar-refractivity contribution in [2.75, 3.05) is 0 Å². The summed E-state index contributed by atoms with van der Waals surface area (Å²) in [4.78, 5) is -0.358. The molecule has 12 nitrogen and oxygen atoms in total. The molecule has 0 spiro atoms. The number of benzene rings is 4. The van der Waals surface area contributed by atoms with Gasteiger partial charge in [0, 0.05) is 9.79 Å². The first kappa shape index (κ1) is 46.5. The van der Waals surface area contributed by atoms with E-state index in [1.165, 1.54) is 48.5 Å². The zero-order valence-electron chi connectivity index (χ0n) is 23.7. The Morgan fingerprint density at radius 2 is 0.932 bits per heavy atom. The topological polar surface area (TPSA) is 197 Å². The van der Waals surface area contributed by atoms with Crippen molar-refractivity contribution in [3.05, 3.63) is 59.7 Å². The molecule has 0 radical (unpaired) electrons. The summed E-state index contributed by atoms with van der Waals surface area (Å²) in [5.41, 5.74) is 1.60. The van der Waals surface area contributed by atoms with Gasteiger partial charge in [-0.2, -0.15) is 8.67 Å². The van der Waals surface area contributed by atoms with Crippen LogP contribution in [0.1, 0.15) is 11.1 Å². The van der Waals surface area contributed by atoms with Crippen molar-refractivity contribution < 1.29 is 173 Å². The minimum Gasteiger partial charge on any atom is -0.744 e. The summed E-state index contributed by atoms with van der Waals surface area (Å²) in [6.45, 7) is 0. The molecule has 0 aromatic heterocycles. The summed E-state index contributed by atoms with van der Waals surface area (Å²) in [5, 5.41) is 28.2. The van der Waals surface area contributed by atoms with Gasteiger partial charge >= 0.3 is 118 Å². The smallest absolute Gasteiger partial charge is 0.744 e. The average molecular weight is 755 g/mol. The van der Waals surface area contributed by atoms with Crippen molar-refractivity contribution in [1.29, 1.82) is 0 Å². The zero-order valence-corrected chi connectivity index (χ0v) is 37.3. The van der Waals surface area contributed by atoms with Crippen LogP contribution in [0.3, 0.4) is 0 Å². The molecule has 0 aliphatic rings. The Morgan fingerprint density at radius 3 is 1.20 bits per heavy atom. The van der Waals surface area contributed by atoms with Crippen LogP contribution in [0, 0.1) is 0 Å². The first-order valence-electron chi connectivity index (χ1n) is 10.7. The van der Waals surface area contributed by atoms with Crippen molar-refractivity contribution >= 4 is 84.3 Å². The van der Waals surface area contributed by atoms with Gasteiger partial charge in [-0.1, -0.05) is 12.1 Å². The van der Waals surface area contributed by atoms with Crippen LogP contribution in [-0.2, 0) is 51.3 Å². The molecular formula is C22H16Na4O12P2S4. The SMILES string of the molecule is O=S(=O)([O-])c1cc(CP)c(-c2c(CP)cc(S(=O)(=O)[O-])c3ccc(SOO[O-])cc23)c2cc(SOO[O-])ccc12.[Na+].[Na+].[Na+].[Na+]. The molecule has 0 saturated heterocycles. The normalized spacial score (nSPS) is 11.3. The van der Waals surface area contributed by atoms with Crippen LogP contribution >= 0.6 is 42.6 Å². The molecule has 0 heterocycles. The Morgan fingerprint density at radius 1 is 0.591 bits per heavy atom. The molecule has 4 aromatic rings. The van der Waals surface area contributed by atoms with Crippen LogP contribution < -0.4 is 129 Å². The molecule has 0 bridgehead atoms. The molecular weight excluding hydrogens is 738 g/mol. The molecule has 2 atom stereocenters. The summed E-state index contributed by atoms with van der Waals surface area (Å²) in [6, 6.07) is 11.0. The number of hydrogen-bond acceptors (Lipinski definition) is 14. The summed E-state index contributed by atoms with van der Waals surface area (Å²) < 4.78 is 82.3. The van der Waals surface area contributed by atoms with E-state index in [4.69, 9.17) is 0 Å². The second kappa shape index (κ2) is 20.4. The van der Waals surface area contributed by atoms with Gasteiger partial charge in [-0.3, -0.25) is 10.1 Å². The molecule has 214 valence electrons. The van der Waals surface area contributed by atoms with Crippen molar-refractivity contribution in [2.45, 2.75) is 31.9 Å². The second-order valence-corrected chi connectivity index (χ2v) is 13.0. The third kappa shape index (κ3) is 10.8. The van der Waals surface area contributed by atoms with E-state index in [0.29, 0.717) is 56.1 Å². The zero-order chi connectivity index (χ0) is 29.2.